The van der Waals surface area contributed by atoms with Crippen molar-refractivity contribution in [3.8, 4) is 5.75 Å². The second-order valence-electron chi connectivity index (χ2n) is 5.31. The first-order valence-corrected chi connectivity index (χ1v) is 10.2. The molecular weight excluding hydrogens is 354 g/mol. The molecule has 2 aromatic rings. The Morgan fingerprint density at radius 2 is 2.28 bits per heavy atom. The highest BCUT2D eigenvalue weighted by Crippen LogP contribution is 2.24. The zero-order chi connectivity index (χ0) is 18.1. The minimum atomic E-state index is 0.667. The van der Waals surface area contributed by atoms with Gasteiger partial charge in [0.25, 0.3) is 0 Å². The smallest absolute Gasteiger partial charge is 0.170 e. The number of aliphatic imine (C=N–C) groups is 1. The number of hydrogen-bond acceptors (Lipinski definition) is 6. The van der Waals surface area contributed by atoms with Crippen LogP contribution in [0, 0.1) is 6.92 Å². The Morgan fingerprint density at radius 3 is 3.00 bits per heavy atom. The Morgan fingerprint density at radius 1 is 1.44 bits per heavy atom. The third-order valence-electron chi connectivity index (χ3n) is 3.71. The van der Waals surface area contributed by atoms with Crippen molar-refractivity contribution in [1.29, 1.82) is 0 Å². The zero-order valence-corrected chi connectivity index (χ0v) is 16.5. The number of ether oxygens (including phenoxy) is 1. The number of nitrogens with zero attached hydrogens (tertiary/aromatic N) is 3. The summed E-state index contributed by atoms with van der Waals surface area (Å²) in [5, 5.41) is 1.76. The topological polar surface area (TPSA) is 77.5 Å². The Labute approximate surface area is 157 Å². The van der Waals surface area contributed by atoms with E-state index in [0.717, 1.165) is 34.8 Å². The predicted octanol–water partition coefficient (Wildman–Crippen LogP) is 2.91. The normalized spacial score (nSPS) is 11.6. The summed E-state index contributed by atoms with van der Waals surface area (Å²) in [6.07, 6.45) is 6.81. The van der Waals surface area contributed by atoms with Gasteiger partial charge in [-0.25, -0.2) is 10.8 Å². The Bertz CT molecular complexity index is 702. The lowest BCUT2D eigenvalue weighted by Crippen LogP contribution is -2.27. The average molecular weight is 380 g/mol. The van der Waals surface area contributed by atoms with E-state index in [1.54, 1.807) is 30.6 Å². The molecule has 1 aromatic heterocycles. The molecule has 0 spiro atoms. The Kier molecular flexibility index (Phi) is 8.17. The summed E-state index contributed by atoms with van der Waals surface area (Å²) in [5.74, 6) is 7.20. The number of imidazole rings is 1. The molecule has 0 amide bonds. The fraction of sp³-hybridized carbons (Fsp3) is 0.412. The number of hydrogen-bond donors (Lipinski definition) is 2. The lowest BCUT2D eigenvalue weighted by molar-refractivity contribution is 0.316. The first-order chi connectivity index (χ1) is 12.2. The molecule has 6 nitrogen and oxygen atoms in total. The number of aromatic nitrogens is 2. The zero-order valence-electron chi connectivity index (χ0n) is 14.9. The van der Waals surface area contributed by atoms with Gasteiger partial charge in [0.15, 0.2) is 10.3 Å². The van der Waals surface area contributed by atoms with Gasteiger partial charge in [0.1, 0.15) is 5.75 Å². The summed E-state index contributed by atoms with van der Waals surface area (Å²) in [6, 6.07) is 6.21. The van der Waals surface area contributed by atoms with E-state index in [-0.39, 0.29) is 0 Å². The van der Waals surface area contributed by atoms with Gasteiger partial charge in [0.05, 0.1) is 6.61 Å². The predicted molar refractivity (Wildman–Crippen MR) is 108 cm³/mol. The van der Waals surface area contributed by atoms with Crippen molar-refractivity contribution < 1.29 is 4.74 Å². The highest BCUT2D eigenvalue weighted by atomic mass is 32.2. The van der Waals surface area contributed by atoms with Gasteiger partial charge in [-0.3, -0.25) is 4.99 Å². The second-order valence-corrected chi connectivity index (χ2v) is 7.16. The molecule has 3 N–H and O–H groups in total. The second kappa shape index (κ2) is 10.4. The number of nitrogens with two attached hydrogens (primary N) is 1. The molecule has 2 rings (SSSR count). The molecule has 0 aliphatic heterocycles. The molecule has 136 valence electrons. The number of thioether (sulfide) groups is 2. The van der Waals surface area contributed by atoms with Gasteiger partial charge in [-0.1, -0.05) is 35.7 Å². The summed E-state index contributed by atoms with van der Waals surface area (Å²) in [5.41, 5.74) is 4.99. The molecule has 0 atom stereocenters. The lowest BCUT2D eigenvalue weighted by Gasteiger charge is -2.14. The van der Waals surface area contributed by atoms with Gasteiger partial charge in [-0.05, 0) is 36.8 Å². The summed E-state index contributed by atoms with van der Waals surface area (Å²) < 4.78 is 8.12. The van der Waals surface area contributed by atoms with Gasteiger partial charge >= 0.3 is 0 Å². The molecular formula is C17H25N5OS2. The van der Waals surface area contributed by atoms with E-state index in [0.29, 0.717) is 6.61 Å². The van der Waals surface area contributed by atoms with E-state index in [4.69, 9.17) is 10.6 Å². The highest BCUT2D eigenvalue weighted by Gasteiger charge is 2.08. The molecule has 0 saturated carbocycles. The number of amidine groups is 1. The van der Waals surface area contributed by atoms with Crippen molar-refractivity contribution in [3.63, 3.8) is 0 Å². The number of nitrogens with one attached hydrogen (secondary N) is 1. The fourth-order valence-corrected chi connectivity index (χ4v) is 3.55. The summed E-state index contributed by atoms with van der Waals surface area (Å²) in [6.45, 7) is 3.57. The Balaban J connectivity index is 1.90. The number of rotatable bonds is 8. The first-order valence-electron chi connectivity index (χ1n) is 8.02. The van der Waals surface area contributed by atoms with Crippen molar-refractivity contribution in [2.24, 2.45) is 10.8 Å². The van der Waals surface area contributed by atoms with Crippen molar-refractivity contribution >= 4 is 28.7 Å². The first kappa shape index (κ1) is 19.7. The van der Waals surface area contributed by atoms with Crippen LogP contribution in [0.1, 0.15) is 17.5 Å². The molecule has 0 radical (unpaired) electrons. The van der Waals surface area contributed by atoms with Crippen molar-refractivity contribution in [2.45, 2.75) is 25.0 Å². The SMILES string of the molecule is CN=C(NN)SCCCOc1cccc(Cn2ccnc2SC)c1C. The van der Waals surface area contributed by atoms with Gasteiger partial charge < -0.3 is 14.7 Å². The maximum Gasteiger partial charge on any atom is 0.170 e. The quantitative estimate of drug-likeness (QED) is 0.183. The molecule has 0 fully saturated rings. The summed E-state index contributed by atoms with van der Waals surface area (Å²) in [7, 11) is 1.72. The van der Waals surface area contributed by atoms with Crippen molar-refractivity contribution in [1.82, 2.24) is 15.0 Å². The van der Waals surface area contributed by atoms with Gasteiger partial charge in [0.2, 0.25) is 0 Å². The molecule has 8 heteroatoms. The third kappa shape index (κ3) is 5.69. The molecule has 0 aliphatic rings. The Hall–Kier alpha value is -1.64. The molecule has 1 heterocycles. The molecule has 25 heavy (non-hydrogen) atoms. The van der Waals surface area contributed by atoms with Crippen LogP contribution in [-0.2, 0) is 6.54 Å². The molecule has 0 unspecified atom stereocenters. The molecule has 0 saturated heterocycles. The van der Waals surface area contributed by atoms with Crippen LogP contribution >= 0.6 is 23.5 Å². The number of hydrazine groups is 1. The van der Waals surface area contributed by atoms with Crippen LogP contribution in [-0.4, -0.2) is 40.4 Å². The highest BCUT2D eigenvalue weighted by molar-refractivity contribution is 8.13. The van der Waals surface area contributed by atoms with Crippen molar-refractivity contribution in [2.75, 3.05) is 25.7 Å². The lowest BCUT2D eigenvalue weighted by atomic mass is 10.1. The van der Waals surface area contributed by atoms with E-state index in [1.165, 1.54) is 11.1 Å². The maximum absolute atomic E-state index is 5.97. The van der Waals surface area contributed by atoms with Crippen LogP contribution in [0.3, 0.4) is 0 Å². The van der Waals surface area contributed by atoms with Crippen LogP contribution in [0.5, 0.6) is 5.75 Å². The minimum Gasteiger partial charge on any atom is -0.493 e. The molecule has 0 aliphatic carbocycles. The van der Waals surface area contributed by atoms with Crippen LogP contribution in [0.25, 0.3) is 0 Å². The van der Waals surface area contributed by atoms with Gasteiger partial charge in [-0.15, -0.1) is 0 Å². The molecule has 0 bridgehead atoms. The van der Waals surface area contributed by atoms with E-state index in [2.05, 4.69) is 33.0 Å². The van der Waals surface area contributed by atoms with Gasteiger partial charge in [-0.2, -0.15) is 0 Å². The third-order valence-corrected chi connectivity index (χ3v) is 5.48. The standard InChI is InChI=1S/C17H25N5OS2/c1-13-14(12-22-9-8-20-17(22)24-3)6-4-7-15(13)23-10-5-11-25-16(19-2)21-18/h4,6-9H,5,10-12,18H2,1-3H3,(H,19,21). The fourth-order valence-electron chi connectivity index (χ4n) is 2.36. The van der Waals surface area contributed by atoms with Crippen LogP contribution < -0.4 is 16.0 Å². The maximum atomic E-state index is 5.97. The van der Waals surface area contributed by atoms with Crippen LogP contribution in [0.4, 0.5) is 0 Å². The van der Waals surface area contributed by atoms with E-state index in [9.17, 15) is 0 Å². The summed E-state index contributed by atoms with van der Waals surface area (Å²) >= 11 is 3.24. The van der Waals surface area contributed by atoms with Crippen LogP contribution in [0.15, 0.2) is 40.7 Å². The minimum absolute atomic E-state index is 0.667. The monoisotopic (exact) mass is 379 g/mol. The number of benzene rings is 1. The van der Waals surface area contributed by atoms with E-state index >= 15 is 0 Å². The average Bonchev–Trinajstić information content (AvgIpc) is 3.08. The van der Waals surface area contributed by atoms with E-state index in [1.807, 2.05) is 30.8 Å². The summed E-state index contributed by atoms with van der Waals surface area (Å²) in [4.78, 5) is 8.38. The van der Waals surface area contributed by atoms with Crippen molar-refractivity contribution in [3.05, 3.63) is 41.7 Å². The van der Waals surface area contributed by atoms with Crippen LogP contribution in [0.2, 0.25) is 0 Å². The van der Waals surface area contributed by atoms with E-state index < -0.39 is 0 Å². The van der Waals surface area contributed by atoms with Gasteiger partial charge in [0, 0.05) is 31.7 Å². The largest absolute Gasteiger partial charge is 0.493 e. The molecule has 1 aromatic carbocycles.